The minimum Gasteiger partial charge on any atom is -0.143 e. The van der Waals surface area contributed by atoms with Crippen molar-refractivity contribution in [3.05, 3.63) is 33.6 Å². The monoisotopic (exact) mass is 254 g/mol. The minimum absolute atomic E-state index is 0.620. The summed E-state index contributed by atoms with van der Waals surface area (Å²) in [5.41, 5.74) is 1.47. The number of benzene rings is 1. The summed E-state index contributed by atoms with van der Waals surface area (Å²) in [4.78, 5) is 0. The van der Waals surface area contributed by atoms with Crippen LogP contribution in [-0.4, -0.2) is 0 Å². The molecule has 0 radical (unpaired) electrons. The van der Waals surface area contributed by atoms with Gasteiger partial charge in [-0.05, 0) is 34.4 Å². The molecule has 1 heterocycles. The molecule has 0 amide bonds. The second-order valence-electron chi connectivity index (χ2n) is 3.49. The Hall–Kier alpha value is -0.340. The maximum atomic E-state index is 3.49. The highest BCUT2D eigenvalue weighted by atomic mass is 79.9. The molecule has 0 spiro atoms. The molecule has 0 aliphatic heterocycles. The maximum absolute atomic E-state index is 3.49. The van der Waals surface area contributed by atoms with Crippen LogP contribution in [0.5, 0.6) is 0 Å². The predicted octanol–water partition coefficient (Wildman–Crippen LogP) is 4.79. The normalized spacial score (nSPS) is 11.4. The van der Waals surface area contributed by atoms with Gasteiger partial charge >= 0.3 is 0 Å². The van der Waals surface area contributed by atoms with Crippen LogP contribution in [-0.2, 0) is 0 Å². The third kappa shape index (κ3) is 1.65. The van der Waals surface area contributed by atoms with Crippen LogP contribution in [0, 0.1) is 0 Å². The Morgan fingerprint density at radius 2 is 2.08 bits per heavy atom. The lowest BCUT2D eigenvalue weighted by Crippen LogP contribution is -1.82. The van der Waals surface area contributed by atoms with E-state index in [-0.39, 0.29) is 0 Å². The Bertz CT molecular complexity index is 429. The fourth-order valence-electron chi connectivity index (χ4n) is 1.47. The molecule has 68 valence electrons. The van der Waals surface area contributed by atoms with Gasteiger partial charge in [0.1, 0.15) is 0 Å². The molecular formula is C11H11BrS. The number of fused-ring (bicyclic) bond motifs is 1. The van der Waals surface area contributed by atoms with E-state index in [2.05, 4.69) is 53.4 Å². The molecule has 0 bridgehead atoms. The fraction of sp³-hybridized carbons (Fsp3) is 0.273. The lowest BCUT2D eigenvalue weighted by atomic mass is 10.0. The average Bonchev–Trinajstić information content (AvgIpc) is 2.46. The van der Waals surface area contributed by atoms with Crippen molar-refractivity contribution in [1.29, 1.82) is 0 Å². The summed E-state index contributed by atoms with van der Waals surface area (Å²) in [7, 11) is 0. The van der Waals surface area contributed by atoms with Gasteiger partial charge in [0.25, 0.3) is 0 Å². The van der Waals surface area contributed by atoms with Gasteiger partial charge in [-0.2, -0.15) is 0 Å². The number of hydrogen-bond acceptors (Lipinski definition) is 1. The van der Waals surface area contributed by atoms with E-state index >= 15 is 0 Å². The highest BCUT2D eigenvalue weighted by Gasteiger charge is 2.06. The van der Waals surface area contributed by atoms with Crippen molar-refractivity contribution in [3.8, 4) is 0 Å². The highest BCUT2D eigenvalue weighted by Crippen LogP contribution is 2.32. The van der Waals surface area contributed by atoms with Crippen LogP contribution >= 0.6 is 27.3 Å². The van der Waals surface area contributed by atoms with E-state index in [0.29, 0.717) is 5.92 Å². The van der Waals surface area contributed by atoms with Gasteiger partial charge in [-0.3, -0.25) is 0 Å². The van der Waals surface area contributed by atoms with Gasteiger partial charge in [0, 0.05) is 9.17 Å². The van der Waals surface area contributed by atoms with Crippen molar-refractivity contribution in [2.24, 2.45) is 0 Å². The van der Waals surface area contributed by atoms with Gasteiger partial charge in [0.2, 0.25) is 0 Å². The first-order valence-electron chi connectivity index (χ1n) is 4.35. The Morgan fingerprint density at radius 3 is 2.77 bits per heavy atom. The van der Waals surface area contributed by atoms with E-state index in [1.165, 1.54) is 15.6 Å². The molecule has 0 aliphatic carbocycles. The Labute approximate surface area is 90.7 Å². The van der Waals surface area contributed by atoms with Crippen molar-refractivity contribution in [1.82, 2.24) is 0 Å². The number of hydrogen-bond donors (Lipinski definition) is 0. The molecule has 1 aromatic carbocycles. The molecule has 0 fully saturated rings. The second-order valence-corrected chi connectivity index (χ2v) is 5.31. The summed E-state index contributed by atoms with van der Waals surface area (Å²) in [6.45, 7) is 4.48. The van der Waals surface area contributed by atoms with Gasteiger partial charge in [-0.15, -0.1) is 11.3 Å². The molecular weight excluding hydrogens is 244 g/mol. The van der Waals surface area contributed by atoms with Gasteiger partial charge in [0.05, 0.1) is 0 Å². The zero-order chi connectivity index (χ0) is 9.42. The summed E-state index contributed by atoms with van der Waals surface area (Å²) in [5.74, 6) is 0.620. The molecule has 0 saturated carbocycles. The quantitative estimate of drug-likeness (QED) is 0.687. The van der Waals surface area contributed by atoms with Crippen molar-refractivity contribution >= 4 is 37.4 Å². The third-order valence-corrected chi connectivity index (χ3v) is 3.65. The van der Waals surface area contributed by atoms with Crippen molar-refractivity contribution < 1.29 is 0 Å². The van der Waals surface area contributed by atoms with Crippen molar-refractivity contribution in [2.45, 2.75) is 19.8 Å². The van der Waals surface area contributed by atoms with Crippen molar-refractivity contribution in [3.63, 3.8) is 0 Å². The first kappa shape index (κ1) is 9.22. The van der Waals surface area contributed by atoms with E-state index in [9.17, 15) is 0 Å². The maximum Gasteiger partial charge on any atom is 0.0356 e. The Balaban J connectivity index is 2.69. The van der Waals surface area contributed by atoms with Crippen LogP contribution in [0.2, 0.25) is 0 Å². The summed E-state index contributed by atoms with van der Waals surface area (Å²) in [6.07, 6.45) is 0. The van der Waals surface area contributed by atoms with Crippen LogP contribution in [0.4, 0.5) is 0 Å². The first-order valence-corrected chi connectivity index (χ1v) is 6.02. The summed E-state index contributed by atoms with van der Waals surface area (Å²) >= 11 is 5.31. The fourth-order valence-corrected chi connectivity index (χ4v) is 3.14. The molecule has 1 aromatic heterocycles. The van der Waals surface area contributed by atoms with E-state index in [4.69, 9.17) is 0 Å². The molecule has 0 unspecified atom stereocenters. The zero-order valence-electron chi connectivity index (χ0n) is 7.67. The van der Waals surface area contributed by atoms with E-state index in [1.54, 1.807) is 0 Å². The van der Waals surface area contributed by atoms with Crippen LogP contribution in [0.25, 0.3) is 10.1 Å². The standard InChI is InChI=1S/C11H11BrS/c1-7(2)10-6-13-11-5-8(12)3-4-9(10)11/h3-7H,1-2H3. The molecule has 0 nitrogen and oxygen atoms in total. The Kier molecular flexibility index (Phi) is 2.43. The average molecular weight is 255 g/mol. The first-order chi connectivity index (χ1) is 6.18. The molecule has 0 aliphatic rings. The number of rotatable bonds is 1. The van der Waals surface area contributed by atoms with Crippen molar-refractivity contribution in [2.75, 3.05) is 0 Å². The van der Waals surface area contributed by atoms with E-state index in [1.807, 2.05) is 11.3 Å². The minimum atomic E-state index is 0.620. The van der Waals surface area contributed by atoms with E-state index < -0.39 is 0 Å². The second kappa shape index (κ2) is 3.43. The van der Waals surface area contributed by atoms with Gasteiger partial charge in [0.15, 0.2) is 0 Å². The number of halogens is 1. The lowest BCUT2D eigenvalue weighted by Gasteiger charge is -2.01. The largest absolute Gasteiger partial charge is 0.143 e. The number of thiophene rings is 1. The molecule has 2 heteroatoms. The van der Waals surface area contributed by atoms with Crippen LogP contribution in [0.1, 0.15) is 25.3 Å². The summed E-state index contributed by atoms with van der Waals surface area (Å²) in [6, 6.07) is 6.50. The molecule has 0 saturated heterocycles. The lowest BCUT2D eigenvalue weighted by molar-refractivity contribution is 0.880. The van der Waals surface area contributed by atoms with Gasteiger partial charge in [-0.25, -0.2) is 0 Å². The van der Waals surface area contributed by atoms with Crippen LogP contribution in [0.15, 0.2) is 28.1 Å². The summed E-state index contributed by atoms with van der Waals surface area (Å²) < 4.78 is 2.54. The topological polar surface area (TPSA) is 0 Å². The van der Waals surface area contributed by atoms with Crippen LogP contribution in [0.3, 0.4) is 0 Å². The molecule has 0 atom stereocenters. The highest BCUT2D eigenvalue weighted by molar-refractivity contribution is 9.10. The predicted molar refractivity (Wildman–Crippen MR) is 63.6 cm³/mol. The Morgan fingerprint density at radius 1 is 1.31 bits per heavy atom. The zero-order valence-corrected chi connectivity index (χ0v) is 10.1. The van der Waals surface area contributed by atoms with Crippen LogP contribution < -0.4 is 0 Å². The molecule has 2 aromatic rings. The van der Waals surface area contributed by atoms with Gasteiger partial charge < -0.3 is 0 Å². The van der Waals surface area contributed by atoms with Gasteiger partial charge in [-0.1, -0.05) is 35.8 Å². The molecule has 13 heavy (non-hydrogen) atoms. The molecule has 2 rings (SSSR count). The third-order valence-electron chi connectivity index (χ3n) is 2.19. The smallest absolute Gasteiger partial charge is 0.0356 e. The summed E-state index contributed by atoms with van der Waals surface area (Å²) in [5, 5.41) is 3.67. The van der Waals surface area contributed by atoms with E-state index in [0.717, 1.165) is 4.47 Å². The molecule has 0 N–H and O–H groups in total. The SMILES string of the molecule is CC(C)c1csc2cc(Br)ccc12.